The molecule has 1 amide bonds. The molecule has 0 atom stereocenters. The Balaban J connectivity index is 1.43. The van der Waals surface area contributed by atoms with Gasteiger partial charge in [0.1, 0.15) is 11.5 Å². The maximum absolute atomic E-state index is 12.3. The second kappa shape index (κ2) is 7.98. The molecule has 146 valence electrons. The first-order valence-corrected chi connectivity index (χ1v) is 9.47. The second-order valence-electron chi connectivity index (χ2n) is 6.18. The molecule has 2 aromatic carbocycles. The summed E-state index contributed by atoms with van der Waals surface area (Å²) in [5.74, 6) is 0.633. The number of nitriles is 1. The summed E-state index contributed by atoms with van der Waals surface area (Å²) in [6, 6.07) is 18.5. The second-order valence-corrected chi connectivity index (χ2v) is 7.26. The highest BCUT2D eigenvalue weighted by molar-refractivity contribution is 7.20. The van der Waals surface area contributed by atoms with Crippen molar-refractivity contribution < 1.29 is 14.1 Å². The Morgan fingerprint density at radius 1 is 1.17 bits per heavy atom. The Labute approximate surface area is 173 Å². The van der Waals surface area contributed by atoms with Gasteiger partial charge in [0, 0.05) is 27.8 Å². The Morgan fingerprint density at radius 2 is 1.97 bits per heavy atom. The number of nitrogens with zero attached hydrogens (tertiary/aromatic N) is 3. The number of hydrogen-bond donors (Lipinski definition) is 1. The van der Waals surface area contributed by atoms with Crippen LogP contribution in [0.25, 0.3) is 21.4 Å². The minimum Gasteiger partial charge on any atom is -0.455 e. The van der Waals surface area contributed by atoms with Crippen LogP contribution in [0.3, 0.4) is 0 Å². The van der Waals surface area contributed by atoms with E-state index in [4.69, 9.17) is 9.68 Å². The van der Waals surface area contributed by atoms with Crippen molar-refractivity contribution in [2.24, 2.45) is 5.10 Å². The summed E-state index contributed by atoms with van der Waals surface area (Å²) in [5.41, 5.74) is 3.77. The van der Waals surface area contributed by atoms with E-state index in [1.807, 2.05) is 0 Å². The van der Waals surface area contributed by atoms with Crippen molar-refractivity contribution in [1.82, 2.24) is 5.43 Å². The van der Waals surface area contributed by atoms with E-state index in [0.29, 0.717) is 27.3 Å². The number of nitrogens with one attached hydrogen (secondary N) is 1. The molecule has 30 heavy (non-hydrogen) atoms. The maximum atomic E-state index is 12.3. The number of non-ortho nitro benzene ring substituents is 1. The molecule has 1 N–H and O–H groups in total. The zero-order valence-electron chi connectivity index (χ0n) is 15.2. The summed E-state index contributed by atoms with van der Waals surface area (Å²) in [6.07, 6.45) is 1.38. The van der Waals surface area contributed by atoms with E-state index in [9.17, 15) is 14.9 Å². The molecule has 8 nitrogen and oxygen atoms in total. The highest BCUT2D eigenvalue weighted by Crippen LogP contribution is 2.29. The number of nitro benzene ring substituents is 1. The molecule has 0 radical (unpaired) electrons. The molecule has 0 saturated carbocycles. The topological polar surface area (TPSA) is 122 Å². The zero-order chi connectivity index (χ0) is 21.1. The lowest BCUT2D eigenvalue weighted by atomic mass is 10.1. The van der Waals surface area contributed by atoms with Crippen LogP contribution in [0.4, 0.5) is 5.69 Å². The summed E-state index contributed by atoms with van der Waals surface area (Å²) in [6.45, 7) is 0. The van der Waals surface area contributed by atoms with Crippen LogP contribution in [0.1, 0.15) is 21.0 Å². The predicted molar refractivity (Wildman–Crippen MR) is 112 cm³/mol. The van der Waals surface area contributed by atoms with Crippen LogP contribution in [0.15, 0.2) is 70.2 Å². The SMILES string of the molecule is N#Cc1ccc(-c2ccc(/C=N\NC(=O)c3cc4cc([N+](=O)[O-])ccc4s3)o2)cc1. The Bertz CT molecular complexity index is 1330. The Hall–Kier alpha value is -4.29. The number of furan rings is 1. The quantitative estimate of drug-likeness (QED) is 0.287. The van der Waals surface area contributed by atoms with E-state index in [-0.39, 0.29) is 5.69 Å². The molecule has 2 heterocycles. The fraction of sp³-hybridized carbons (Fsp3) is 0. The van der Waals surface area contributed by atoms with Crippen molar-refractivity contribution >= 4 is 39.2 Å². The van der Waals surface area contributed by atoms with Gasteiger partial charge >= 0.3 is 0 Å². The van der Waals surface area contributed by atoms with Gasteiger partial charge in [-0.3, -0.25) is 14.9 Å². The smallest absolute Gasteiger partial charge is 0.281 e. The first-order chi connectivity index (χ1) is 14.5. The highest BCUT2D eigenvalue weighted by atomic mass is 32.1. The number of rotatable bonds is 5. The van der Waals surface area contributed by atoms with E-state index >= 15 is 0 Å². The summed E-state index contributed by atoms with van der Waals surface area (Å²) in [5, 5.41) is 24.3. The minimum atomic E-state index is -0.476. The summed E-state index contributed by atoms with van der Waals surface area (Å²) in [4.78, 5) is 23.1. The van der Waals surface area contributed by atoms with E-state index in [1.165, 1.54) is 29.7 Å². The third-order valence-electron chi connectivity index (χ3n) is 4.22. The summed E-state index contributed by atoms with van der Waals surface area (Å²) >= 11 is 1.22. The normalized spacial score (nSPS) is 10.9. The fourth-order valence-electron chi connectivity index (χ4n) is 2.75. The molecule has 0 fully saturated rings. The Morgan fingerprint density at radius 3 is 2.70 bits per heavy atom. The molecule has 0 spiro atoms. The zero-order valence-corrected chi connectivity index (χ0v) is 16.1. The van der Waals surface area contributed by atoms with Crippen LogP contribution in [0.2, 0.25) is 0 Å². The summed E-state index contributed by atoms with van der Waals surface area (Å²) < 4.78 is 6.44. The van der Waals surface area contributed by atoms with Gasteiger partial charge in [-0.05, 0) is 48.5 Å². The predicted octanol–water partition coefficient (Wildman–Crippen LogP) is 4.71. The minimum absolute atomic E-state index is 0.0267. The molecule has 4 aromatic rings. The van der Waals surface area contributed by atoms with Crippen LogP contribution in [-0.4, -0.2) is 17.0 Å². The number of carbonyl (C=O) groups is 1. The lowest BCUT2D eigenvalue weighted by Crippen LogP contribution is -2.15. The van der Waals surface area contributed by atoms with Crippen molar-refractivity contribution in [2.45, 2.75) is 0 Å². The average Bonchev–Trinajstić information content (AvgIpc) is 3.40. The van der Waals surface area contributed by atoms with Crippen molar-refractivity contribution in [1.29, 1.82) is 5.26 Å². The van der Waals surface area contributed by atoms with E-state index in [1.54, 1.807) is 48.5 Å². The van der Waals surface area contributed by atoms with Gasteiger partial charge in [0.15, 0.2) is 0 Å². The average molecular weight is 416 g/mol. The molecular formula is C21H12N4O4S. The highest BCUT2D eigenvalue weighted by Gasteiger charge is 2.13. The molecule has 0 unspecified atom stereocenters. The third kappa shape index (κ3) is 3.94. The number of hydrogen-bond acceptors (Lipinski definition) is 7. The van der Waals surface area contributed by atoms with E-state index in [2.05, 4.69) is 16.6 Å². The number of fused-ring (bicyclic) bond motifs is 1. The lowest BCUT2D eigenvalue weighted by molar-refractivity contribution is -0.384. The molecule has 0 aliphatic rings. The number of carbonyl (C=O) groups excluding carboxylic acids is 1. The molecular weight excluding hydrogens is 404 g/mol. The molecule has 0 aliphatic heterocycles. The molecule has 0 saturated heterocycles. The lowest BCUT2D eigenvalue weighted by Gasteiger charge is -1.96. The molecule has 9 heteroatoms. The standard InChI is InChI=1S/C21H12N4O4S/c22-11-13-1-3-14(4-2-13)18-7-6-17(29-18)12-23-24-21(26)20-10-15-9-16(25(27)28)5-8-19(15)30-20/h1-10,12H,(H,24,26)/b23-12-. The first-order valence-electron chi connectivity index (χ1n) is 8.65. The van der Waals surface area contributed by atoms with Gasteiger partial charge in [-0.1, -0.05) is 0 Å². The van der Waals surface area contributed by atoms with Gasteiger partial charge < -0.3 is 4.42 Å². The van der Waals surface area contributed by atoms with Crippen molar-refractivity contribution in [3.8, 4) is 17.4 Å². The van der Waals surface area contributed by atoms with Gasteiger partial charge in [-0.2, -0.15) is 10.4 Å². The molecule has 4 rings (SSSR count). The summed E-state index contributed by atoms with van der Waals surface area (Å²) in [7, 11) is 0. The van der Waals surface area contributed by atoms with Gasteiger partial charge in [0.25, 0.3) is 11.6 Å². The maximum Gasteiger partial charge on any atom is 0.281 e. The first kappa shape index (κ1) is 19.0. The van der Waals surface area contributed by atoms with E-state index < -0.39 is 10.8 Å². The Kier molecular flexibility index (Phi) is 5.07. The van der Waals surface area contributed by atoms with E-state index in [0.717, 1.165) is 10.3 Å². The van der Waals surface area contributed by atoms with Crippen LogP contribution >= 0.6 is 11.3 Å². The van der Waals surface area contributed by atoms with Crippen molar-refractivity contribution in [3.05, 3.63) is 87.0 Å². The molecule has 0 aliphatic carbocycles. The number of benzene rings is 2. The number of hydrazone groups is 1. The van der Waals surface area contributed by atoms with Crippen LogP contribution in [0, 0.1) is 21.4 Å². The number of thiophene rings is 1. The van der Waals surface area contributed by atoms with Crippen LogP contribution in [0.5, 0.6) is 0 Å². The third-order valence-corrected chi connectivity index (χ3v) is 5.33. The largest absolute Gasteiger partial charge is 0.455 e. The number of nitro groups is 1. The number of amides is 1. The fourth-order valence-corrected chi connectivity index (χ4v) is 3.69. The van der Waals surface area contributed by atoms with Gasteiger partial charge in [0.2, 0.25) is 0 Å². The van der Waals surface area contributed by atoms with Gasteiger partial charge in [-0.15, -0.1) is 11.3 Å². The van der Waals surface area contributed by atoms with Gasteiger partial charge in [-0.25, -0.2) is 5.43 Å². The molecule has 2 aromatic heterocycles. The molecule has 0 bridgehead atoms. The van der Waals surface area contributed by atoms with Crippen molar-refractivity contribution in [2.75, 3.05) is 0 Å². The van der Waals surface area contributed by atoms with Crippen molar-refractivity contribution in [3.63, 3.8) is 0 Å². The van der Waals surface area contributed by atoms with Crippen LogP contribution in [-0.2, 0) is 0 Å². The van der Waals surface area contributed by atoms with Crippen LogP contribution < -0.4 is 5.43 Å². The van der Waals surface area contributed by atoms with Gasteiger partial charge in [0.05, 0.1) is 27.6 Å². The monoisotopic (exact) mass is 416 g/mol.